The highest BCUT2D eigenvalue weighted by Gasteiger charge is 2.57. The van der Waals surface area contributed by atoms with Crippen molar-refractivity contribution < 1.29 is 9.90 Å². The van der Waals surface area contributed by atoms with E-state index < -0.39 is 0 Å². The normalized spacial score (nSPS) is 35.7. The van der Waals surface area contributed by atoms with Crippen LogP contribution in [0.4, 0.5) is 0 Å². The highest BCUT2D eigenvalue weighted by Crippen LogP contribution is 2.56. The van der Waals surface area contributed by atoms with Gasteiger partial charge in [-0.1, -0.05) is 51.5 Å². The van der Waals surface area contributed by atoms with Crippen molar-refractivity contribution in [2.75, 3.05) is 13.2 Å². The number of rotatable bonds is 2. The van der Waals surface area contributed by atoms with Crippen LogP contribution in [0.1, 0.15) is 64.0 Å². The van der Waals surface area contributed by atoms with Crippen LogP contribution in [-0.2, 0) is 16.6 Å². The molecule has 0 spiro atoms. The van der Waals surface area contributed by atoms with Crippen LogP contribution in [0.3, 0.4) is 0 Å². The summed E-state index contributed by atoms with van der Waals surface area (Å²) in [6, 6.07) is 9.13. The van der Waals surface area contributed by atoms with Gasteiger partial charge in [-0.05, 0) is 54.6 Å². The zero-order chi connectivity index (χ0) is 18.5. The molecule has 2 aliphatic carbocycles. The van der Waals surface area contributed by atoms with Crippen molar-refractivity contribution >= 4 is 5.91 Å². The molecule has 2 fully saturated rings. The summed E-state index contributed by atoms with van der Waals surface area (Å²) in [6.45, 7) is 8.24. The van der Waals surface area contributed by atoms with E-state index in [9.17, 15) is 9.90 Å². The Hall–Kier alpha value is -1.35. The Bertz CT molecular complexity index is 697. The van der Waals surface area contributed by atoms with Crippen molar-refractivity contribution in [1.29, 1.82) is 0 Å². The number of fused-ring (bicyclic) bond motifs is 4. The van der Waals surface area contributed by atoms with Gasteiger partial charge in [0, 0.05) is 30.5 Å². The molecule has 3 heteroatoms. The predicted molar refractivity (Wildman–Crippen MR) is 104 cm³/mol. The first-order valence-corrected chi connectivity index (χ1v) is 10.4. The van der Waals surface area contributed by atoms with Gasteiger partial charge in [-0.3, -0.25) is 4.79 Å². The molecule has 3 aliphatic rings. The number of likely N-dealkylation sites (tertiary alicyclic amines) is 1. The second kappa shape index (κ2) is 6.37. The van der Waals surface area contributed by atoms with Gasteiger partial charge in [0.25, 0.3) is 0 Å². The monoisotopic (exact) mass is 355 g/mol. The van der Waals surface area contributed by atoms with E-state index in [4.69, 9.17) is 0 Å². The van der Waals surface area contributed by atoms with E-state index in [2.05, 4.69) is 49.9 Å². The number of carbonyl (C=O) groups is 1. The van der Waals surface area contributed by atoms with E-state index in [-0.39, 0.29) is 29.4 Å². The zero-order valence-electron chi connectivity index (χ0n) is 16.5. The van der Waals surface area contributed by atoms with Crippen molar-refractivity contribution in [3.8, 4) is 0 Å². The molecule has 1 heterocycles. The number of hydrogen-bond donors (Lipinski definition) is 1. The van der Waals surface area contributed by atoms with Crippen LogP contribution in [0.5, 0.6) is 0 Å². The number of hydrogen-bond acceptors (Lipinski definition) is 2. The van der Waals surface area contributed by atoms with E-state index in [1.807, 2.05) is 0 Å². The fourth-order valence-corrected chi connectivity index (χ4v) is 6.05. The molecule has 0 unspecified atom stereocenters. The SMILES string of the molecule is CC1(C)[C@H]2Cc3ccccc3[C@]1(C)CCN2C(=O)[C@H]1CCC[C@@H](CO)C1. The molecule has 142 valence electrons. The molecule has 2 bridgehead atoms. The lowest BCUT2D eigenvalue weighted by Crippen LogP contribution is -2.65. The summed E-state index contributed by atoms with van der Waals surface area (Å²) >= 11 is 0. The molecule has 1 saturated heterocycles. The molecule has 4 atom stereocenters. The van der Waals surface area contributed by atoms with Gasteiger partial charge in [-0.15, -0.1) is 0 Å². The summed E-state index contributed by atoms with van der Waals surface area (Å²) < 4.78 is 0. The minimum atomic E-state index is 0.0698. The second-order valence-electron chi connectivity index (χ2n) is 9.62. The maximum atomic E-state index is 13.5. The third kappa shape index (κ3) is 2.54. The summed E-state index contributed by atoms with van der Waals surface area (Å²) in [4.78, 5) is 15.7. The number of benzene rings is 1. The first kappa shape index (κ1) is 18.0. The lowest BCUT2D eigenvalue weighted by Gasteiger charge is -2.61. The molecule has 1 saturated carbocycles. The third-order valence-corrected chi connectivity index (χ3v) is 8.18. The van der Waals surface area contributed by atoms with E-state index in [1.165, 1.54) is 11.1 Å². The number of amides is 1. The Balaban J connectivity index is 1.64. The summed E-state index contributed by atoms with van der Waals surface area (Å²) in [5.74, 6) is 0.772. The van der Waals surface area contributed by atoms with Gasteiger partial charge in [0.05, 0.1) is 0 Å². The number of piperidine rings is 1. The van der Waals surface area contributed by atoms with Gasteiger partial charge in [-0.25, -0.2) is 0 Å². The summed E-state index contributed by atoms with van der Waals surface area (Å²) in [5, 5.41) is 9.54. The Labute approximate surface area is 157 Å². The van der Waals surface area contributed by atoms with E-state index >= 15 is 0 Å². The van der Waals surface area contributed by atoms with Crippen molar-refractivity contribution in [3.05, 3.63) is 35.4 Å². The van der Waals surface area contributed by atoms with Gasteiger partial charge in [0.1, 0.15) is 0 Å². The number of aliphatic hydroxyl groups is 1. The molecule has 0 radical (unpaired) electrons. The van der Waals surface area contributed by atoms with Gasteiger partial charge in [0.15, 0.2) is 0 Å². The zero-order valence-corrected chi connectivity index (χ0v) is 16.5. The Kier molecular flexibility index (Phi) is 4.42. The van der Waals surface area contributed by atoms with E-state index in [0.717, 1.165) is 45.1 Å². The van der Waals surface area contributed by atoms with Crippen LogP contribution >= 0.6 is 0 Å². The van der Waals surface area contributed by atoms with Crippen LogP contribution in [0.2, 0.25) is 0 Å². The largest absolute Gasteiger partial charge is 0.396 e. The summed E-state index contributed by atoms with van der Waals surface area (Å²) in [7, 11) is 0. The van der Waals surface area contributed by atoms with Crippen molar-refractivity contribution in [1.82, 2.24) is 4.90 Å². The van der Waals surface area contributed by atoms with Crippen LogP contribution in [-0.4, -0.2) is 35.1 Å². The topological polar surface area (TPSA) is 40.5 Å². The molecular formula is C23H33NO2. The average Bonchev–Trinajstić information content (AvgIpc) is 2.64. The van der Waals surface area contributed by atoms with Crippen LogP contribution in [0, 0.1) is 17.3 Å². The smallest absolute Gasteiger partial charge is 0.225 e. The maximum Gasteiger partial charge on any atom is 0.225 e. The first-order valence-electron chi connectivity index (χ1n) is 10.4. The highest BCUT2D eigenvalue weighted by molar-refractivity contribution is 5.80. The Morgan fingerprint density at radius 2 is 2.00 bits per heavy atom. The molecule has 26 heavy (non-hydrogen) atoms. The predicted octanol–water partition coefficient (Wildman–Crippen LogP) is 3.93. The molecule has 4 rings (SSSR count). The van der Waals surface area contributed by atoms with Gasteiger partial charge in [-0.2, -0.15) is 0 Å². The quantitative estimate of drug-likeness (QED) is 0.873. The fourth-order valence-electron chi connectivity index (χ4n) is 6.05. The lowest BCUT2D eigenvalue weighted by atomic mass is 9.51. The fraction of sp³-hybridized carbons (Fsp3) is 0.696. The van der Waals surface area contributed by atoms with Crippen LogP contribution in [0.15, 0.2) is 24.3 Å². The van der Waals surface area contributed by atoms with Gasteiger partial charge in [0.2, 0.25) is 5.91 Å². The van der Waals surface area contributed by atoms with E-state index in [0.29, 0.717) is 11.8 Å². The Morgan fingerprint density at radius 3 is 2.77 bits per heavy atom. The Morgan fingerprint density at radius 1 is 1.23 bits per heavy atom. The molecule has 1 aromatic carbocycles. The molecular weight excluding hydrogens is 322 g/mol. The number of carbonyl (C=O) groups excluding carboxylic acids is 1. The number of aliphatic hydroxyl groups excluding tert-OH is 1. The molecule has 1 N–H and O–H groups in total. The molecule has 1 aromatic rings. The van der Waals surface area contributed by atoms with Crippen LogP contribution in [0.25, 0.3) is 0 Å². The first-order chi connectivity index (χ1) is 12.4. The average molecular weight is 356 g/mol. The summed E-state index contributed by atoms with van der Waals surface area (Å²) in [5.41, 5.74) is 3.11. The van der Waals surface area contributed by atoms with Crippen LogP contribution < -0.4 is 0 Å². The van der Waals surface area contributed by atoms with Crippen molar-refractivity contribution in [3.63, 3.8) is 0 Å². The summed E-state index contributed by atoms with van der Waals surface area (Å²) in [6.07, 6.45) is 6.01. The van der Waals surface area contributed by atoms with Crippen molar-refractivity contribution in [2.45, 2.75) is 70.8 Å². The maximum absolute atomic E-state index is 13.5. The molecule has 1 amide bonds. The van der Waals surface area contributed by atoms with E-state index in [1.54, 1.807) is 0 Å². The number of nitrogens with zero attached hydrogens (tertiary/aromatic N) is 1. The molecule has 0 aromatic heterocycles. The minimum Gasteiger partial charge on any atom is -0.396 e. The lowest BCUT2D eigenvalue weighted by molar-refractivity contribution is -0.150. The second-order valence-corrected chi connectivity index (χ2v) is 9.62. The third-order valence-electron chi connectivity index (χ3n) is 8.18. The molecule has 3 nitrogen and oxygen atoms in total. The van der Waals surface area contributed by atoms with Gasteiger partial charge >= 0.3 is 0 Å². The molecule has 1 aliphatic heterocycles. The highest BCUT2D eigenvalue weighted by atomic mass is 16.3. The standard InChI is InChI=1S/C23H33NO2/c1-22(2)20-14-17-8-4-5-10-19(17)23(22,3)11-12-24(20)21(26)18-9-6-7-16(13-18)15-25/h4-5,8,10,16,18,20,25H,6-7,9,11-15H2,1-3H3/t16-,18+,20-,23+/m1/s1. The minimum absolute atomic E-state index is 0.0698. The van der Waals surface area contributed by atoms with Crippen molar-refractivity contribution in [2.24, 2.45) is 17.3 Å². The van der Waals surface area contributed by atoms with Gasteiger partial charge < -0.3 is 10.0 Å².